The molecule has 6 nitrogen and oxygen atoms in total. The van der Waals surface area contributed by atoms with E-state index in [9.17, 15) is 19.8 Å². The van der Waals surface area contributed by atoms with Crippen LogP contribution in [0.3, 0.4) is 0 Å². The van der Waals surface area contributed by atoms with Crippen molar-refractivity contribution in [1.29, 1.82) is 0 Å². The molecule has 0 aliphatic carbocycles. The lowest BCUT2D eigenvalue weighted by atomic mass is 10.1. The lowest BCUT2D eigenvalue weighted by molar-refractivity contribution is -0.122. The highest BCUT2D eigenvalue weighted by Gasteiger charge is 2.16. The number of hydrogen-bond donors (Lipinski definition) is 4. The number of phenolic OH excluding ortho intramolecular Hbond substituents is 2. The van der Waals surface area contributed by atoms with Gasteiger partial charge in [-0.2, -0.15) is 0 Å². The Morgan fingerprint density at radius 1 is 1.22 bits per heavy atom. The summed E-state index contributed by atoms with van der Waals surface area (Å²) < 4.78 is 0. The zero-order chi connectivity index (χ0) is 16.8. The van der Waals surface area contributed by atoms with Crippen molar-refractivity contribution in [3.8, 4) is 11.5 Å². The Labute approximate surface area is 137 Å². The summed E-state index contributed by atoms with van der Waals surface area (Å²) in [7, 11) is 0. The first kappa shape index (κ1) is 16.8. The van der Waals surface area contributed by atoms with Gasteiger partial charge >= 0.3 is 0 Å². The van der Waals surface area contributed by atoms with Gasteiger partial charge in [-0.15, -0.1) is 11.3 Å². The molecule has 2 aromatic rings. The van der Waals surface area contributed by atoms with E-state index in [2.05, 4.69) is 10.6 Å². The van der Waals surface area contributed by atoms with Gasteiger partial charge in [-0.25, -0.2) is 0 Å². The molecular formula is C16H18N2O4S. The third-order valence-electron chi connectivity index (χ3n) is 3.24. The summed E-state index contributed by atoms with van der Waals surface area (Å²) in [5, 5.41) is 25.8. The molecule has 0 spiro atoms. The normalized spacial score (nSPS) is 11.7. The average Bonchev–Trinajstić information content (AvgIpc) is 3.05. The summed E-state index contributed by atoms with van der Waals surface area (Å²) in [4.78, 5) is 24.4. The van der Waals surface area contributed by atoms with Crippen molar-refractivity contribution in [1.82, 2.24) is 10.6 Å². The predicted octanol–water partition coefficient (Wildman–Crippen LogP) is 1.64. The number of benzene rings is 1. The number of amides is 2. The van der Waals surface area contributed by atoms with Crippen molar-refractivity contribution in [2.45, 2.75) is 19.4 Å². The molecule has 2 rings (SSSR count). The molecule has 0 fully saturated rings. The van der Waals surface area contributed by atoms with E-state index in [4.69, 9.17) is 0 Å². The number of phenols is 2. The van der Waals surface area contributed by atoms with Crippen LogP contribution >= 0.6 is 11.3 Å². The van der Waals surface area contributed by atoms with Crippen LogP contribution < -0.4 is 10.6 Å². The van der Waals surface area contributed by atoms with Gasteiger partial charge in [0.05, 0.1) is 4.88 Å². The van der Waals surface area contributed by atoms with Gasteiger partial charge in [0.1, 0.15) is 6.04 Å². The van der Waals surface area contributed by atoms with Crippen LogP contribution in [0.1, 0.15) is 22.2 Å². The first-order chi connectivity index (χ1) is 11.0. The molecule has 0 aliphatic heterocycles. The maximum atomic E-state index is 11.9. The Bertz CT molecular complexity index is 685. The van der Waals surface area contributed by atoms with Gasteiger partial charge in [0, 0.05) is 6.54 Å². The highest BCUT2D eigenvalue weighted by atomic mass is 32.1. The second-order valence-corrected chi connectivity index (χ2v) is 5.98. The molecular weight excluding hydrogens is 316 g/mol. The quantitative estimate of drug-likeness (QED) is 0.604. The molecule has 1 aromatic carbocycles. The molecule has 7 heteroatoms. The van der Waals surface area contributed by atoms with Crippen LogP contribution in [0.25, 0.3) is 0 Å². The van der Waals surface area contributed by atoms with Gasteiger partial charge in [0.2, 0.25) is 5.91 Å². The van der Waals surface area contributed by atoms with Crippen molar-refractivity contribution in [2.75, 3.05) is 6.54 Å². The Morgan fingerprint density at radius 3 is 2.65 bits per heavy atom. The molecule has 0 saturated carbocycles. The summed E-state index contributed by atoms with van der Waals surface area (Å²) in [6.07, 6.45) is 0.505. The maximum Gasteiger partial charge on any atom is 0.261 e. The average molecular weight is 334 g/mol. The van der Waals surface area contributed by atoms with Gasteiger partial charge in [-0.3, -0.25) is 9.59 Å². The molecule has 0 bridgehead atoms. The van der Waals surface area contributed by atoms with Crippen LogP contribution in [0, 0.1) is 0 Å². The SMILES string of the molecule is CC(NC(=O)c1cccs1)C(=O)NCCc1ccc(O)c(O)c1. The largest absolute Gasteiger partial charge is 0.504 e. The number of nitrogens with one attached hydrogen (secondary N) is 2. The molecule has 0 saturated heterocycles. The van der Waals surface area contributed by atoms with Crippen LogP contribution in [0.15, 0.2) is 35.7 Å². The molecule has 1 atom stereocenters. The van der Waals surface area contributed by atoms with Gasteiger partial charge in [0.15, 0.2) is 11.5 Å². The fraction of sp³-hybridized carbons (Fsp3) is 0.250. The van der Waals surface area contributed by atoms with E-state index in [0.29, 0.717) is 17.8 Å². The van der Waals surface area contributed by atoms with E-state index in [1.807, 2.05) is 0 Å². The Balaban J connectivity index is 1.77. The fourth-order valence-corrected chi connectivity index (χ4v) is 2.58. The molecule has 1 heterocycles. The lowest BCUT2D eigenvalue weighted by Gasteiger charge is -2.13. The molecule has 23 heavy (non-hydrogen) atoms. The standard InChI is InChI=1S/C16H18N2O4S/c1-10(18-16(22)14-3-2-8-23-14)15(21)17-7-6-11-4-5-12(19)13(20)9-11/h2-5,8-10,19-20H,6-7H2,1H3,(H,17,21)(H,18,22). The molecule has 0 radical (unpaired) electrons. The Hall–Kier alpha value is -2.54. The highest BCUT2D eigenvalue weighted by Crippen LogP contribution is 2.24. The molecule has 2 amide bonds. The van der Waals surface area contributed by atoms with Gasteiger partial charge < -0.3 is 20.8 Å². The highest BCUT2D eigenvalue weighted by molar-refractivity contribution is 7.12. The monoisotopic (exact) mass is 334 g/mol. The first-order valence-corrected chi connectivity index (χ1v) is 7.98. The number of aromatic hydroxyl groups is 2. The van der Waals surface area contributed by atoms with E-state index < -0.39 is 6.04 Å². The minimum Gasteiger partial charge on any atom is -0.504 e. The van der Waals surface area contributed by atoms with Crippen molar-refractivity contribution in [2.24, 2.45) is 0 Å². The fourth-order valence-electron chi connectivity index (χ4n) is 1.95. The van der Waals surface area contributed by atoms with Gasteiger partial charge in [-0.05, 0) is 42.5 Å². The van der Waals surface area contributed by atoms with Crippen molar-refractivity contribution >= 4 is 23.2 Å². The van der Waals surface area contributed by atoms with Gasteiger partial charge in [0.25, 0.3) is 5.91 Å². The first-order valence-electron chi connectivity index (χ1n) is 7.10. The van der Waals surface area contributed by atoms with Crippen LogP contribution in [0.4, 0.5) is 0 Å². The van der Waals surface area contributed by atoms with Crippen LogP contribution in [-0.4, -0.2) is 34.6 Å². The second kappa shape index (κ2) is 7.64. The second-order valence-electron chi connectivity index (χ2n) is 5.04. The minimum atomic E-state index is -0.641. The summed E-state index contributed by atoms with van der Waals surface area (Å²) >= 11 is 1.31. The van der Waals surface area contributed by atoms with E-state index in [1.165, 1.54) is 23.5 Å². The molecule has 4 N–H and O–H groups in total. The summed E-state index contributed by atoms with van der Waals surface area (Å²) in [5.41, 5.74) is 0.788. The number of rotatable bonds is 6. The zero-order valence-electron chi connectivity index (χ0n) is 12.6. The molecule has 1 aromatic heterocycles. The topological polar surface area (TPSA) is 98.7 Å². The maximum absolute atomic E-state index is 11.9. The van der Waals surface area contributed by atoms with Crippen LogP contribution in [-0.2, 0) is 11.2 Å². The van der Waals surface area contributed by atoms with E-state index in [-0.39, 0.29) is 23.3 Å². The molecule has 0 aliphatic rings. The van der Waals surface area contributed by atoms with Crippen molar-refractivity contribution < 1.29 is 19.8 Å². The zero-order valence-corrected chi connectivity index (χ0v) is 13.4. The van der Waals surface area contributed by atoms with Crippen LogP contribution in [0.5, 0.6) is 11.5 Å². The van der Waals surface area contributed by atoms with Crippen molar-refractivity contribution in [3.05, 3.63) is 46.2 Å². The number of carbonyl (C=O) groups excluding carboxylic acids is 2. The van der Waals surface area contributed by atoms with E-state index in [1.54, 1.807) is 30.5 Å². The summed E-state index contributed by atoms with van der Waals surface area (Å²) in [5.74, 6) is -0.919. The molecule has 122 valence electrons. The third kappa shape index (κ3) is 4.72. The Kier molecular flexibility index (Phi) is 5.59. The van der Waals surface area contributed by atoms with Crippen LogP contribution in [0.2, 0.25) is 0 Å². The van der Waals surface area contributed by atoms with E-state index >= 15 is 0 Å². The number of carbonyl (C=O) groups is 2. The lowest BCUT2D eigenvalue weighted by Crippen LogP contribution is -2.45. The smallest absolute Gasteiger partial charge is 0.261 e. The minimum absolute atomic E-state index is 0.178. The molecule has 1 unspecified atom stereocenters. The summed E-state index contributed by atoms with van der Waals surface area (Å²) in [6.45, 7) is 1.98. The summed E-state index contributed by atoms with van der Waals surface area (Å²) in [6, 6.07) is 7.35. The predicted molar refractivity (Wildman–Crippen MR) is 87.7 cm³/mol. The number of hydrogen-bond acceptors (Lipinski definition) is 5. The van der Waals surface area contributed by atoms with E-state index in [0.717, 1.165) is 5.56 Å². The van der Waals surface area contributed by atoms with Crippen molar-refractivity contribution in [3.63, 3.8) is 0 Å². The third-order valence-corrected chi connectivity index (χ3v) is 4.11. The number of thiophene rings is 1. The van der Waals surface area contributed by atoms with Gasteiger partial charge in [-0.1, -0.05) is 12.1 Å². The Morgan fingerprint density at radius 2 is 2.00 bits per heavy atom.